The topological polar surface area (TPSA) is 60.4 Å². The maximum Gasteiger partial charge on any atom is 0.266 e. The van der Waals surface area contributed by atoms with Gasteiger partial charge in [-0.3, -0.25) is 9.69 Å². The van der Waals surface area contributed by atoms with Gasteiger partial charge in [0.2, 0.25) is 0 Å². The zero-order valence-corrected chi connectivity index (χ0v) is 22.4. The number of thioether (sulfide) groups is 1. The van der Waals surface area contributed by atoms with E-state index in [-0.39, 0.29) is 5.91 Å². The average Bonchev–Trinajstić information content (AvgIpc) is 3.19. The van der Waals surface area contributed by atoms with Crippen molar-refractivity contribution in [2.75, 3.05) is 26.4 Å². The molecule has 4 rings (SSSR count). The molecule has 0 radical (unpaired) electrons. The highest BCUT2D eigenvalue weighted by atomic mass is 35.5. The predicted molar refractivity (Wildman–Crippen MR) is 151 cm³/mol. The maximum absolute atomic E-state index is 13.3. The van der Waals surface area contributed by atoms with E-state index in [1.165, 1.54) is 11.8 Å². The molecule has 1 heterocycles. The monoisotopic (exact) mass is 536 g/mol. The molecule has 1 aliphatic heterocycles. The summed E-state index contributed by atoms with van der Waals surface area (Å²) in [7, 11) is 0. The quantitative estimate of drug-likeness (QED) is 0.196. The number of hydrogen-bond donors (Lipinski definition) is 0. The molecule has 0 saturated carbocycles. The maximum atomic E-state index is 13.3. The Balaban J connectivity index is 1.57. The highest BCUT2D eigenvalue weighted by Gasteiger charge is 2.33. The van der Waals surface area contributed by atoms with Gasteiger partial charge in [0, 0.05) is 17.2 Å². The van der Waals surface area contributed by atoms with Gasteiger partial charge in [-0.1, -0.05) is 54.1 Å². The van der Waals surface area contributed by atoms with Crippen LogP contribution in [0, 0.1) is 0 Å². The minimum atomic E-state index is -0.101. The molecule has 3 aromatic carbocycles. The largest absolute Gasteiger partial charge is 0.490 e. The number of para-hydroxylation sites is 1. The molecule has 1 saturated heterocycles. The molecule has 0 aliphatic carbocycles. The Labute approximate surface area is 226 Å². The molecule has 1 fully saturated rings. The molecule has 8 heteroatoms. The first-order valence-electron chi connectivity index (χ1n) is 12.1. The standard InChI is InChI=1S/C29H29ClN2O4S/c1-3-34-17-16-32-28(33)27(37-29(32)31-23-11-6-5-7-12-23)19-21-14-15-25(26(18-21)35-4-2)36-20-22-10-8-9-13-24(22)30/h5-15,18-19H,3-4,16-17,20H2,1-2H3/b27-19-,31-29?. The van der Waals surface area contributed by atoms with Crippen LogP contribution in [-0.2, 0) is 16.1 Å². The van der Waals surface area contributed by atoms with Gasteiger partial charge in [-0.05, 0) is 67.6 Å². The number of amidine groups is 1. The number of benzene rings is 3. The van der Waals surface area contributed by atoms with E-state index in [1.54, 1.807) is 4.90 Å². The summed E-state index contributed by atoms with van der Waals surface area (Å²) in [6.07, 6.45) is 1.86. The lowest BCUT2D eigenvalue weighted by molar-refractivity contribution is -0.122. The zero-order chi connectivity index (χ0) is 26.0. The first-order chi connectivity index (χ1) is 18.1. The van der Waals surface area contributed by atoms with Crippen LogP contribution in [0.4, 0.5) is 5.69 Å². The van der Waals surface area contributed by atoms with Crippen molar-refractivity contribution < 1.29 is 19.0 Å². The molecule has 0 aromatic heterocycles. The Hall–Kier alpha value is -3.26. The van der Waals surface area contributed by atoms with Crippen LogP contribution in [0.5, 0.6) is 11.5 Å². The van der Waals surface area contributed by atoms with Crippen LogP contribution in [-0.4, -0.2) is 42.3 Å². The van der Waals surface area contributed by atoms with Gasteiger partial charge in [-0.2, -0.15) is 0 Å². The molecule has 0 N–H and O–H groups in total. The van der Waals surface area contributed by atoms with Gasteiger partial charge in [0.1, 0.15) is 6.61 Å². The molecule has 3 aromatic rings. The number of halogens is 1. The Bertz CT molecular complexity index is 1280. The van der Waals surface area contributed by atoms with Gasteiger partial charge in [-0.15, -0.1) is 0 Å². The molecule has 0 atom stereocenters. The molecular weight excluding hydrogens is 508 g/mol. The number of carbonyl (C=O) groups is 1. The second-order valence-corrected chi connectivity index (χ2v) is 9.43. The van der Waals surface area contributed by atoms with Gasteiger partial charge in [0.05, 0.1) is 30.4 Å². The summed E-state index contributed by atoms with van der Waals surface area (Å²) < 4.78 is 17.4. The summed E-state index contributed by atoms with van der Waals surface area (Å²) in [6.45, 7) is 6.12. The molecule has 1 aliphatic rings. The normalized spacial score (nSPS) is 15.5. The van der Waals surface area contributed by atoms with Crippen LogP contribution in [0.15, 0.2) is 82.7 Å². The lowest BCUT2D eigenvalue weighted by Gasteiger charge is -2.15. The highest BCUT2D eigenvalue weighted by molar-refractivity contribution is 8.18. The van der Waals surface area contributed by atoms with Crippen molar-refractivity contribution in [1.82, 2.24) is 4.90 Å². The molecular formula is C29H29ClN2O4S. The molecule has 0 unspecified atom stereocenters. The summed E-state index contributed by atoms with van der Waals surface area (Å²) in [4.78, 5) is 20.3. The van der Waals surface area contributed by atoms with Crippen molar-refractivity contribution in [3.05, 3.63) is 93.9 Å². The van der Waals surface area contributed by atoms with Crippen LogP contribution in [0.2, 0.25) is 5.02 Å². The molecule has 1 amide bonds. The van der Waals surface area contributed by atoms with E-state index in [9.17, 15) is 4.79 Å². The molecule has 0 spiro atoms. The lowest BCUT2D eigenvalue weighted by atomic mass is 10.1. The molecule has 6 nitrogen and oxygen atoms in total. The summed E-state index contributed by atoms with van der Waals surface area (Å²) >= 11 is 7.62. The fourth-order valence-corrected chi connectivity index (χ4v) is 4.84. The highest BCUT2D eigenvalue weighted by Crippen LogP contribution is 2.36. The Morgan fingerprint density at radius 1 is 0.946 bits per heavy atom. The van der Waals surface area contributed by atoms with Gasteiger partial charge >= 0.3 is 0 Å². The molecule has 192 valence electrons. The van der Waals surface area contributed by atoms with Crippen molar-refractivity contribution in [3.8, 4) is 11.5 Å². The minimum absolute atomic E-state index is 0.101. The van der Waals surface area contributed by atoms with Crippen LogP contribution in [0.1, 0.15) is 25.0 Å². The Morgan fingerprint density at radius 2 is 1.73 bits per heavy atom. The average molecular weight is 537 g/mol. The van der Waals surface area contributed by atoms with E-state index in [4.69, 9.17) is 30.8 Å². The first kappa shape index (κ1) is 26.8. The van der Waals surface area contributed by atoms with Crippen molar-refractivity contribution in [3.63, 3.8) is 0 Å². The fraction of sp³-hybridized carbons (Fsp3) is 0.241. The number of ether oxygens (including phenoxy) is 3. The number of carbonyl (C=O) groups excluding carboxylic acids is 1. The zero-order valence-electron chi connectivity index (χ0n) is 20.9. The number of rotatable bonds is 11. The minimum Gasteiger partial charge on any atom is -0.490 e. The Kier molecular flexibility index (Phi) is 9.65. The molecule has 0 bridgehead atoms. The Morgan fingerprint density at radius 3 is 2.49 bits per heavy atom. The van der Waals surface area contributed by atoms with Gasteiger partial charge < -0.3 is 14.2 Å². The van der Waals surface area contributed by atoms with E-state index in [2.05, 4.69) is 0 Å². The summed E-state index contributed by atoms with van der Waals surface area (Å²) in [6, 6.07) is 22.8. The summed E-state index contributed by atoms with van der Waals surface area (Å²) in [5, 5.41) is 1.28. The van der Waals surface area contributed by atoms with Crippen molar-refractivity contribution in [1.29, 1.82) is 0 Å². The van der Waals surface area contributed by atoms with E-state index < -0.39 is 0 Å². The SMILES string of the molecule is CCOCCN1C(=O)/C(=C/c2ccc(OCc3ccccc3Cl)c(OCC)c2)SC1=Nc1ccccc1. The molecule has 37 heavy (non-hydrogen) atoms. The van der Waals surface area contributed by atoms with E-state index in [0.29, 0.717) is 59.6 Å². The van der Waals surface area contributed by atoms with Gasteiger partial charge in [-0.25, -0.2) is 4.99 Å². The first-order valence-corrected chi connectivity index (χ1v) is 13.3. The smallest absolute Gasteiger partial charge is 0.266 e. The van der Waals surface area contributed by atoms with Gasteiger partial charge in [0.15, 0.2) is 16.7 Å². The van der Waals surface area contributed by atoms with Crippen LogP contribution in [0.25, 0.3) is 6.08 Å². The van der Waals surface area contributed by atoms with Crippen LogP contribution in [0.3, 0.4) is 0 Å². The number of amides is 1. The van der Waals surface area contributed by atoms with Gasteiger partial charge in [0.25, 0.3) is 5.91 Å². The third-order valence-electron chi connectivity index (χ3n) is 5.44. The van der Waals surface area contributed by atoms with E-state index >= 15 is 0 Å². The fourth-order valence-electron chi connectivity index (χ4n) is 3.63. The third-order valence-corrected chi connectivity index (χ3v) is 6.81. The third kappa shape index (κ3) is 7.16. The summed E-state index contributed by atoms with van der Waals surface area (Å²) in [5.41, 5.74) is 2.51. The van der Waals surface area contributed by atoms with Crippen LogP contribution >= 0.6 is 23.4 Å². The van der Waals surface area contributed by atoms with Crippen molar-refractivity contribution >= 4 is 46.2 Å². The van der Waals surface area contributed by atoms with Crippen LogP contribution < -0.4 is 9.47 Å². The summed E-state index contributed by atoms with van der Waals surface area (Å²) in [5.74, 6) is 1.11. The number of hydrogen-bond acceptors (Lipinski definition) is 6. The van der Waals surface area contributed by atoms with Crippen molar-refractivity contribution in [2.45, 2.75) is 20.5 Å². The second kappa shape index (κ2) is 13.3. The lowest BCUT2D eigenvalue weighted by Crippen LogP contribution is -2.32. The predicted octanol–water partition coefficient (Wildman–Crippen LogP) is 6.96. The van der Waals surface area contributed by atoms with Crippen molar-refractivity contribution in [2.24, 2.45) is 4.99 Å². The van der Waals surface area contributed by atoms with E-state index in [1.807, 2.05) is 92.7 Å². The number of nitrogens with zero attached hydrogens (tertiary/aromatic N) is 2. The number of aliphatic imine (C=N–C) groups is 1. The second-order valence-electron chi connectivity index (χ2n) is 8.01. The van der Waals surface area contributed by atoms with E-state index in [0.717, 1.165) is 16.8 Å².